The number of halogens is 1. The zero-order valence-corrected chi connectivity index (χ0v) is 7.08. The van der Waals surface area contributed by atoms with Crippen LogP contribution in [-0.2, 0) is 0 Å². The maximum atomic E-state index is 9.31. The predicted molar refractivity (Wildman–Crippen MR) is 50.7 cm³/mol. The van der Waals surface area contributed by atoms with E-state index < -0.39 is 0 Å². The fraction of sp³-hybridized carbons (Fsp3) is 0. The molecular weight excluding hydrogens is 174 g/mol. The third-order valence-electron chi connectivity index (χ3n) is 1.65. The third-order valence-corrected chi connectivity index (χ3v) is 1.65. The summed E-state index contributed by atoms with van der Waals surface area (Å²) in [7, 11) is 0. The van der Waals surface area contributed by atoms with E-state index in [1.54, 1.807) is 6.20 Å². The zero-order valence-electron chi connectivity index (χ0n) is 6.27. The van der Waals surface area contributed by atoms with Gasteiger partial charge in [-0.05, 0) is 0 Å². The van der Waals surface area contributed by atoms with Gasteiger partial charge in [-0.25, -0.2) is 0 Å². The number of nitrogens with zero attached hydrogens (tertiary/aromatic N) is 1. The molecule has 0 amide bonds. The SMILES string of the molecule is Cl.Oc1cncc2ccccc12. The van der Waals surface area contributed by atoms with Crippen LogP contribution in [0.4, 0.5) is 0 Å². The topological polar surface area (TPSA) is 33.1 Å². The van der Waals surface area contributed by atoms with E-state index in [2.05, 4.69) is 4.98 Å². The van der Waals surface area contributed by atoms with E-state index in [9.17, 15) is 5.11 Å². The molecule has 0 unspecified atom stereocenters. The van der Waals surface area contributed by atoms with Gasteiger partial charge in [-0.1, -0.05) is 24.3 Å². The molecule has 0 spiro atoms. The second kappa shape index (κ2) is 3.41. The molecule has 2 aromatic rings. The molecule has 0 saturated carbocycles. The highest BCUT2D eigenvalue weighted by atomic mass is 35.5. The van der Waals surface area contributed by atoms with Gasteiger partial charge in [-0.2, -0.15) is 0 Å². The molecule has 0 aliphatic carbocycles. The van der Waals surface area contributed by atoms with Crippen molar-refractivity contribution in [3.05, 3.63) is 36.7 Å². The molecule has 0 bridgehead atoms. The lowest BCUT2D eigenvalue weighted by molar-refractivity contribution is 0.479. The molecule has 0 aliphatic heterocycles. The molecule has 3 heteroatoms. The maximum absolute atomic E-state index is 9.31. The summed E-state index contributed by atoms with van der Waals surface area (Å²) >= 11 is 0. The molecule has 2 rings (SSSR count). The summed E-state index contributed by atoms with van der Waals surface area (Å²) in [6.07, 6.45) is 3.18. The summed E-state index contributed by atoms with van der Waals surface area (Å²) in [5.41, 5.74) is 0. The van der Waals surface area contributed by atoms with E-state index in [1.807, 2.05) is 24.3 Å². The van der Waals surface area contributed by atoms with Crippen LogP contribution in [0.25, 0.3) is 10.8 Å². The van der Waals surface area contributed by atoms with Gasteiger partial charge in [0.2, 0.25) is 0 Å². The van der Waals surface area contributed by atoms with Crippen molar-refractivity contribution in [2.24, 2.45) is 0 Å². The fourth-order valence-electron chi connectivity index (χ4n) is 1.10. The van der Waals surface area contributed by atoms with Crippen molar-refractivity contribution in [1.29, 1.82) is 0 Å². The predicted octanol–water partition coefficient (Wildman–Crippen LogP) is 2.36. The molecule has 0 fully saturated rings. The molecule has 1 aromatic carbocycles. The van der Waals surface area contributed by atoms with Crippen LogP contribution in [-0.4, -0.2) is 10.1 Å². The number of benzene rings is 1. The zero-order chi connectivity index (χ0) is 7.68. The third kappa shape index (κ3) is 1.34. The van der Waals surface area contributed by atoms with Gasteiger partial charge in [0.25, 0.3) is 0 Å². The lowest BCUT2D eigenvalue weighted by atomic mass is 10.2. The lowest BCUT2D eigenvalue weighted by Crippen LogP contribution is -1.74. The summed E-state index contributed by atoms with van der Waals surface area (Å²) in [4.78, 5) is 3.86. The molecule has 2 nitrogen and oxygen atoms in total. The van der Waals surface area contributed by atoms with Crippen molar-refractivity contribution in [3.63, 3.8) is 0 Å². The summed E-state index contributed by atoms with van der Waals surface area (Å²) in [6.45, 7) is 0. The number of aromatic nitrogens is 1. The number of aromatic hydroxyl groups is 1. The number of hydrogen-bond donors (Lipinski definition) is 1. The van der Waals surface area contributed by atoms with E-state index in [0.717, 1.165) is 10.8 Å². The molecule has 0 saturated heterocycles. The fourth-order valence-corrected chi connectivity index (χ4v) is 1.10. The van der Waals surface area contributed by atoms with Crippen LogP contribution in [0, 0.1) is 0 Å². The first-order valence-electron chi connectivity index (χ1n) is 3.39. The van der Waals surface area contributed by atoms with Crippen LogP contribution in [0.3, 0.4) is 0 Å². The minimum absolute atomic E-state index is 0. The minimum Gasteiger partial charge on any atom is -0.506 e. The Balaban J connectivity index is 0.000000720. The van der Waals surface area contributed by atoms with Gasteiger partial charge in [-0.15, -0.1) is 12.4 Å². The van der Waals surface area contributed by atoms with Gasteiger partial charge in [-0.3, -0.25) is 4.98 Å². The van der Waals surface area contributed by atoms with E-state index in [1.165, 1.54) is 6.20 Å². The van der Waals surface area contributed by atoms with Crippen molar-refractivity contribution in [2.75, 3.05) is 0 Å². The Kier molecular flexibility index (Phi) is 2.51. The van der Waals surface area contributed by atoms with Crippen LogP contribution in [0.1, 0.15) is 0 Å². The molecular formula is C9H8ClNO. The second-order valence-electron chi connectivity index (χ2n) is 2.38. The molecule has 0 aliphatic rings. The minimum atomic E-state index is 0. The molecule has 1 N–H and O–H groups in total. The van der Waals surface area contributed by atoms with Gasteiger partial charge in [0.05, 0.1) is 6.20 Å². The molecule has 1 heterocycles. The van der Waals surface area contributed by atoms with Crippen molar-refractivity contribution in [1.82, 2.24) is 4.98 Å². The van der Waals surface area contributed by atoms with Crippen molar-refractivity contribution in [3.8, 4) is 5.75 Å². The summed E-state index contributed by atoms with van der Waals surface area (Å²) in [5.74, 6) is 0.239. The Morgan fingerprint density at radius 1 is 1.08 bits per heavy atom. The van der Waals surface area contributed by atoms with Crippen LogP contribution in [0.5, 0.6) is 5.75 Å². The van der Waals surface area contributed by atoms with Crippen LogP contribution < -0.4 is 0 Å². The van der Waals surface area contributed by atoms with Crippen molar-refractivity contribution >= 4 is 23.2 Å². The van der Waals surface area contributed by atoms with Crippen molar-refractivity contribution < 1.29 is 5.11 Å². The average molecular weight is 182 g/mol. The molecule has 0 atom stereocenters. The lowest BCUT2D eigenvalue weighted by Gasteiger charge is -1.96. The largest absolute Gasteiger partial charge is 0.506 e. The summed E-state index contributed by atoms with van der Waals surface area (Å²) in [5, 5.41) is 11.1. The van der Waals surface area contributed by atoms with Gasteiger partial charge < -0.3 is 5.11 Å². The quantitative estimate of drug-likeness (QED) is 0.677. The van der Waals surface area contributed by atoms with E-state index >= 15 is 0 Å². The normalized spacial score (nSPS) is 9.33. The first kappa shape index (κ1) is 8.81. The highest BCUT2D eigenvalue weighted by Gasteiger charge is 1.95. The Hall–Kier alpha value is -1.28. The maximum Gasteiger partial charge on any atom is 0.141 e. The van der Waals surface area contributed by atoms with Gasteiger partial charge in [0.1, 0.15) is 5.75 Å². The monoisotopic (exact) mass is 181 g/mol. The summed E-state index contributed by atoms with van der Waals surface area (Å²) < 4.78 is 0. The van der Waals surface area contributed by atoms with E-state index in [4.69, 9.17) is 0 Å². The number of pyridine rings is 1. The van der Waals surface area contributed by atoms with E-state index in [-0.39, 0.29) is 18.2 Å². The van der Waals surface area contributed by atoms with E-state index in [0.29, 0.717) is 0 Å². The van der Waals surface area contributed by atoms with Gasteiger partial charge in [0.15, 0.2) is 0 Å². The first-order chi connectivity index (χ1) is 5.38. The van der Waals surface area contributed by atoms with Crippen molar-refractivity contribution in [2.45, 2.75) is 0 Å². The van der Waals surface area contributed by atoms with Crippen LogP contribution in [0.2, 0.25) is 0 Å². The van der Waals surface area contributed by atoms with Gasteiger partial charge in [0, 0.05) is 17.0 Å². The van der Waals surface area contributed by atoms with Crippen LogP contribution >= 0.6 is 12.4 Å². The number of fused-ring (bicyclic) bond motifs is 1. The second-order valence-corrected chi connectivity index (χ2v) is 2.38. The Labute approximate surface area is 76.3 Å². The highest BCUT2D eigenvalue weighted by Crippen LogP contribution is 2.21. The highest BCUT2D eigenvalue weighted by molar-refractivity contribution is 5.86. The number of rotatable bonds is 0. The smallest absolute Gasteiger partial charge is 0.141 e. The molecule has 1 aromatic heterocycles. The van der Waals surface area contributed by atoms with Gasteiger partial charge >= 0.3 is 0 Å². The standard InChI is InChI=1S/C9H7NO.ClH/c11-9-6-10-5-7-3-1-2-4-8(7)9;/h1-6,11H;1H. The Bertz CT molecular complexity index is 384. The average Bonchev–Trinajstić information content (AvgIpc) is 2.06. The molecule has 0 radical (unpaired) electrons. The number of hydrogen-bond acceptors (Lipinski definition) is 2. The van der Waals surface area contributed by atoms with Crippen LogP contribution in [0.15, 0.2) is 36.7 Å². The summed E-state index contributed by atoms with van der Waals surface area (Å²) in [6, 6.07) is 7.60. The molecule has 12 heavy (non-hydrogen) atoms. The Morgan fingerprint density at radius 2 is 1.83 bits per heavy atom. The first-order valence-corrected chi connectivity index (χ1v) is 3.39. The molecule has 62 valence electrons. The Morgan fingerprint density at radius 3 is 2.58 bits per heavy atom.